The zero-order valence-electron chi connectivity index (χ0n) is 46.3. The summed E-state index contributed by atoms with van der Waals surface area (Å²) in [5.74, 6) is -2.03. The minimum absolute atomic E-state index is 0.0825. The van der Waals surface area contributed by atoms with Crippen LogP contribution in [0.25, 0.3) is 22.1 Å². The number of halogens is 4. The monoisotopic (exact) mass is 1120 g/mol. The number of aromatic amines is 2. The summed E-state index contributed by atoms with van der Waals surface area (Å²) in [6.07, 6.45) is 14.2. The van der Waals surface area contributed by atoms with Gasteiger partial charge in [0.1, 0.15) is 41.1 Å². The van der Waals surface area contributed by atoms with Crippen molar-refractivity contribution >= 4 is 57.4 Å². The molecule has 81 heavy (non-hydrogen) atoms. The molecular weight excluding hydrogens is 1040 g/mol. The number of benzene rings is 3. The first kappa shape index (κ1) is 53.7. The second kappa shape index (κ2) is 21.3. The zero-order chi connectivity index (χ0) is 56.1. The predicted octanol–water partition coefficient (Wildman–Crippen LogP) is 12.3. The molecule has 4 N–H and O–H groups in total. The highest BCUT2D eigenvalue weighted by Crippen LogP contribution is 2.53. The lowest BCUT2D eigenvalue weighted by atomic mass is 9.95. The Balaban J connectivity index is 0.858. The third kappa shape index (κ3) is 9.32. The van der Waals surface area contributed by atoms with Crippen LogP contribution in [-0.4, -0.2) is 125 Å². The molecule has 2 aromatic heterocycles. The normalized spacial score (nSPS) is 27.7. The number of likely N-dealkylation sites (tertiary alicyclic amines) is 2. The van der Waals surface area contributed by atoms with Crippen LogP contribution in [0.2, 0.25) is 0 Å². The molecular formula is C61H74F4N10O6. The van der Waals surface area contributed by atoms with Crippen molar-refractivity contribution in [2.75, 3.05) is 37.0 Å². The number of amides is 4. The summed E-state index contributed by atoms with van der Waals surface area (Å²) in [4.78, 5) is 81.2. The minimum Gasteiger partial charge on any atom is -0.465 e. The zero-order valence-corrected chi connectivity index (χ0v) is 46.3. The quantitative estimate of drug-likeness (QED) is 0.0876. The van der Waals surface area contributed by atoms with E-state index in [1.165, 1.54) is 48.2 Å². The maximum atomic E-state index is 17.2. The number of carbonyl (C=O) groups is 4. The Morgan fingerprint density at radius 1 is 0.531 bits per heavy atom. The number of hydrogen-bond acceptors (Lipinski definition) is 8. The predicted molar refractivity (Wildman–Crippen MR) is 295 cm³/mol. The fraction of sp³-hybridized carbons (Fsp3) is 0.607. The lowest BCUT2D eigenvalue weighted by Gasteiger charge is -2.37. The van der Waals surface area contributed by atoms with Gasteiger partial charge in [-0.05, 0) is 156 Å². The van der Waals surface area contributed by atoms with E-state index in [-0.39, 0.29) is 82.9 Å². The van der Waals surface area contributed by atoms with E-state index in [0.717, 1.165) is 109 Å². The first-order valence-corrected chi connectivity index (χ1v) is 30.1. The molecule has 20 heteroatoms. The summed E-state index contributed by atoms with van der Waals surface area (Å²) in [5.41, 5.74) is 2.04. The van der Waals surface area contributed by atoms with E-state index in [1.54, 1.807) is 21.9 Å². The van der Waals surface area contributed by atoms with Crippen LogP contribution in [-0.2, 0) is 9.59 Å². The van der Waals surface area contributed by atoms with Crippen LogP contribution in [0.15, 0.2) is 36.4 Å². The van der Waals surface area contributed by atoms with Gasteiger partial charge in [-0.15, -0.1) is 0 Å². The molecule has 8 aliphatic rings. The summed E-state index contributed by atoms with van der Waals surface area (Å²) in [7, 11) is 2.96. The molecule has 0 radical (unpaired) electrons. The molecule has 4 amide bonds. The Labute approximate surface area is 468 Å². The molecule has 13 rings (SSSR count). The van der Waals surface area contributed by atoms with Gasteiger partial charge in [0.05, 0.1) is 46.2 Å². The summed E-state index contributed by atoms with van der Waals surface area (Å²) in [6.45, 7) is 0.998. The second-order valence-electron chi connectivity index (χ2n) is 25.1. The number of nitrogens with one attached hydrogen (secondary N) is 2. The molecule has 432 valence electrons. The van der Waals surface area contributed by atoms with Crippen LogP contribution < -0.4 is 9.80 Å². The molecule has 10 atom stereocenters. The van der Waals surface area contributed by atoms with E-state index in [1.807, 2.05) is 9.80 Å². The van der Waals surface area contributed by atoms with E-state index in [2.05, 4.69) is 9.97 Å². The van der Waals surface area contributed by atoms with E-state index >= 15 is 17.6 Å². The van der Waals surface area contributed by atoms with Crippen LogP contribution in [0, 0.1) is 46.9 Å². The van der Waals surface area contributed by atoms with Gasteiger partial charge in [-0.2, -0.15) is 0 Å². The van der Waals surface area contributed by atoms with Crippen molar-refractivity contribution in [2.24, 2.45) is 23.7 Å². The second-order valence-corrected chi connectivity index (χ2v) is 25.1. The van der Waals surface area contributed by atoms with Crippen LogP contribution in [0.5, 0.6) is 0 Å². The maximum Gasteiger partial charge on any atom is 0.407 e. The van der Waals surface area contributed by atoms with E-state index in [9.17, 15) is 29.4 Å². The van der Waals surface area contributed by atoms with Crippen molar-refractivity contribution < 1.29 is 47.0 Å². The molecule has 4 aliphatic carbocycles. The number of nitrogens with zero attached hydrogens (tertiary/aromatic N) is 8. The Bertz CT molecular complexity index is 3060. The number of imidazole rings is 2. The number of likely N-dealkylation sites (N-methyl/N-ethyl adjacent to an activating group) is 2. The Kier molecular flexibility index (Phi) is 14.1. The van der Waals surface area contributed by atoms with E-state index < -0.39 is 71.7 Å². The fourth-order valence-electron chi connectivity index (χ4n) is 17.0. The van der Waals surface area contributed by atoms with Gasteiger partial charge in [0.2, 0.25) is 11.8 Å². The van der Waals surface area contributed by atoms with Gasteiger partial charge in [-0.3, -0.25) is 19.4 Å². The number of rotatable bonds is 12. The van der Waals surface area contributed by atoms with E-state index in [4.69, 9.17) is 9.97 Å². The number of carbonyl (C=O) groups excluding carboxylic acids is 2. The van der Waals surface area contributed by atoms with Crippen molar-refractivity contribution in [2.45, 2.75) is 183 Å². The Morgan fingerprint density at radius 2 is 0.963 bits per heavy atom. The molecule has 6 heterocycles. The highest BCUT2D eigenvalue weighted by molar-refractivity contribution is 5.88. The van der Waals surface area contributed by atoms with E-state index in [0.29, 0.717) is 59.6 Å². The molecule has 0 bridgehead atoms. The van der Waals surface area contributed by atoms with Gasteiger partial charge in [0, 0.05) is 56.1 Å². The summed E-state index contributed by atoms with van der Waals surface area (Å²) < 4.78 is 67.8. The number of piperidine rings is 1. The molecule has 8 fully saturated rings. The summed E-state index contributed by atoms with van der Waals surface area (Å²) >= 11 is 0. The van der Waals surface area contributed by atoms with Gasteiger partial charge in [0.15, 0.2) is 11.6 Å². The van der Waals surface area contributed by atoms with Crippen LogP contribution in [0.3, 0.4) is 0 Å². The molecule has 3 aromatic carbocycles. The van der Waals surface area contributed by atoms with Gasteiger partial charge < -0.3 is 39.8 Å². The topological polar surface area (TPSA) is 186 Å². The Morgan fingerprint density at radius 3 is 1.38 bits per heavy atom. The first-order chi connectivity index (χ1) is 39.1. The Hall–Kier alpha value is -6.60. The van der Waals surface area contributed by atoms with Crippen LogP contribution in [0.4, 0.5) is 38.5 Å². The largest absolute Gasteiger partial charge is 0.465 e. The number of fused-ring (bicyclic) bond motifs is 4. The van der Waals surface area contributed by atoms with Crippen molar-refractivity contribution in [3.8, 4) is 0 Å². The number of carboxylic acid groups (broad SMARTS) is 2. The number of hydrogen-bond donors (Lipinski definition) is 4. The third-order valence-corrected chi connectivity index (χ3v) is 20.8. The highest BCUT2D eigenvalue weighted by Gasteiger charge is 2.53. The molecule has 16 nitrogen and oxygen atoms in total. The first-order valence-electron chi connectivity index (χ1n) is 30.1. The third-order valence-electron chi connectivity index (χ3n) is 20.8. The summed E-state index contributed by atoms with van der Waals surface area (Å²) in [5, 5.41) is 20.4. The lowest BCUT2D eigenvalue weighted by molar-refractivity contribution is -0.142. The standard InChI is InChI=1S/C61H74F4N10O6/c1-70(60(78)79)53(32-12-4-5-13-32)58(76)74-47-18-10-16-34(47)24-51(74)56-66-43-28-37(39(62)30-45(43)68-56)49-20-21-50(73(49)36-26-41(64)55(42(65)27-36)72-22-8-3-9-23-72)38-29-44-46(31-40(38)63)69-57(67-44)52-25-35-17-11-19-48(35)75(52)59(77)54(71(2)61(80)81)33-14-6-7-15-33/h26-35,47-54H,3-25H2,1-2H3,(H,66,68)(H,67,69)(H,78,79)(H,80,81)/t34-,35-,47-,48-,49+,50+,51-,52-,53-,54-/m0/s1. The van der Waals surface area contributed by atoms with Crippen molar-refractivity contribution in [3.05, 3.63) is 82.4 Å². The van der Waals surface area contributed by atoms with Crippen molar-refractivity contribution in [1.29, 1.82) is 0 Å². The highest BCUT2D eigenvalue weighted by atomic mass is 19.1. The minimum atomic E-state index is -1.16. The number of H-pyrrole nitrogens is 2. The summed E-state index contributed by atoms with van der Waals surface area (Å²) in [6, 6.07) is 4.04. The molecule has 5 aromatic rings. The molecule has 4 aliphatic heterocycles. The van der Waals surface area contributed by atoms with Gasteiger partial charge >= 0.3 is 12.2 Å². The average Bonchev–Trinajstić information content (AvgIpc) is 4.44. The number of aromatic nitrogens is 4. The van der Waals surface area contributed by atoms with Crippen molar-refractivity contribution in [1.82, 2.24) is 39.5 Å². The lowest BCUT2D eigenvalue weighted by Crippen LogP contribution is -2.54. The van der Waals surface area contributed by atoms with Crippen LogP contribution >= 0.6 is 0 Å². The van der Waals surface area contributed by atoms with Gasteiger partial charge in [-0.1, -0.05) is 38.5 Å². The van der Waals surface area contributed by atoms with Gasteiger partial charge in [0.25, 0.3) is 0 Å². The molecule has 4 saturated carbocycles. The SMILES string of the molecule is CN(C(=O)O)[C@H](C(=O)N1[C@H](c2nc3cc([C@H]4CC[C@H](c5cc6nc([C@@H]7C[C@@H]8CCC[C@@H]8N7C(=O)[C@H](C7CCCC7)N(C)C(=O)O)[nH]c6cc5F)N4c4cc(F)c(N5CCCCC5)c(F)c4)c(F)cc3[nH]2)C[C@@H]2CCC[C@@H]21)C1CCCC1. The molecule has 4 saturated heterocycles. The molecule has 0 unspecified atom stereocenters. The average molecular weight is 1120 g/mol. The maximum absolute atomic E-state index is 17.2. The smallest absolute Gasteiger partial charge is 0.407 e. The van der Waals surface area contributed by atoms with Crippen molar-refractivity contribution in [3.63, 3.8) is 0 Å². The number of anilines is 2. The molecule has 0 spiro atoms. The fourth-order valence-corrected chi connectivity index (χ4v) is 17.0. The van der Waals surface area contributed by atoms with Gasteiger partial charge in [-0.25, -0.2) is 37.1 Å². The van der Waals surface area contributed by atoms with Crippen LogP contribution in [0.1, 0.15) is 182 Å².